The first-order valence-electron chi connectivity index (χ1n) is 9.82. The first-order chi connectivity index (χ1) is 14.5. The number of aromatic nitrogens is 2. The van der Waals surface area contributed by atoms with Gasteiger partial charge in [-0.2, -0.15) is 0 Å². The number of likely N-dealkylation sites (N-methyl/N-ethyl adjacent to an activating group) is 1. The van der Waals surface area contributed by atoms with Crippen LogP contribution in [-0.2, 0) is 29.0 Å². The Bertz CT molecular complexity index is 1200. The molecule has 160 valence electrons. The summed E-state index contributed by atoms with van der Waals surface area (Å²) in [6.07, 6.45) is 0.173. The first kappa shape index (κ1) is 21.3. The molecule has 3 aromatic rings. The van der Waals surface area contributed by atoms with Crippen molar-refractivity contribution < 1.29 is 9.47 Å². The summed E-state index contributed by atoms with van der Waals surface area (Å²) < 4.78 is 13.5. The van der Waals surface area contributed by atoms with Crippen molar-refractivity contribution in [2.45, 2.75) is 32.7 Å². The summed E-state index contributed by atoms with van der Waals surface area (Å²) in [5.74, 6) is 0. The maximum atomic E-state index is 13.6. The van der Waals surface area contributed by atoms with Crippen molar-refractivity contribution in [1.29, 1.82) is 0 Å². The number of hydrogen-bond donors (Lipinski definition) is 0. The predicted molar refractivity (Wildman–Crippen MR) is 119 cm³/mol. The van der Waals surface area contributed by atoms with E-state index in [-0.39, 0.29) is 12.1 Å². The molecule has 1 aromatic carbocycles. The highest BCUT2D eigenvalue weighted by atomic mass is 35.5. The third kappa shape index (κ3) is 3.63. The first-order valence-corrected chi connectivity index (χ1v) is 11.0. The zero-order valence-corrected chi connectivity index (χ0v) is 18.8. The van der Waals surface area contributed by atoms with E-state index < -0.39 is 12.0 Å². The van der Waals surface area contributed by atoms with Gasteiger partial charge in [0.15, 0.2) is 6.29 Å². The largest absolute Gasteiger partial charge is 0.354 e. The third-order valence-electron chi connectivity index (χ3n) is 5.57. The summed E-state index contributed by atoms with van der Waals surface area (Å²) in [4.78, 5) is 31.2. The second kappa shape index (κ2) is 8.64. The summed E-state index contributed by atoms with van der Waals surface area (Å²) in [6.45, 7) is 4.93. The molecule has 0 atom stereocenters. The molecule has 0 aliphatic carbocycles. The average Bonchev–Trinajstić information content (AvgIpc) is 3.12. The molecule has 9 heteroatoms. The van der Waals surface area contributed by atoms with Crippen LogP contribution in [0.3, 0.4) is 0 Å². The molecule has 0 spiro atoms. The van der Waals surface area contributed by atoms with Crippen LogP contribution in [0.25, 0.3) is 15.9 Å². The van der Waals surface area contributed by atoms with Crippen LogP contribution in [0.1, 0.15) is 17.4 Å². The summed E-state index contributed by atoms with van der Waals surface area (Å²) in [6, 6.07) is 6.78. The zero-order valence-electron chi connectivity index (χ0n) is 17.2. The molecule has 7 nitrogen and oxygen atoms in total. The van der Waals surface area contributed by atoms with Crippen LogP contribution in [0, 0.1) is 0 Å². The van der Waals surface area contributed by atoms with Crippen LogP contribution in [0.2, 0.25) is 5.02 Å². The molecule has 4 rings (SSSR count). The highest BCUT2D eigenvalue weighted by Crippen LogP contribution is 2.33. The van der Waals surface area contributed by atoms with E-state index in [0.29, 0.717) is 20.9 Å². The van der Waals surface area contributed by atoms with Gasteiger partial charge in [-0.1, -0.05) is 24.6 Å². The summed E-state index contributed by atoms with van der Waals surface area (Å²) in [5, 5.41) is 1.07. The Balaban J connectivity index is 2.03. The molecule has 0 bridgehead atoms. The van der Waals surface area contributed by atoms with Crippen molar-refractivity contribution in [3.05, 3.63) is 60.6 Å². The topological polar surface area (TPSA) is 65.7 Å². The lowest BCUT2D eigenvalue weighted by Crippen LogP contribution is -2.41. The normalized spacial score (nSPS) is 14.6. The van der Waals surface area contributed by atoms with Crippen molar-refractivity contribution in [3.63, 3.8) is 0 Å². The van der Waals surface area contributed by atoms with Gasteiger partial charge in [-0.15, -0.1) is 11.3 Å². The molecular weight excluding hydrogens is 426 g/mol. The van der Waals surface area contributed by atoms with Gasteiger partial charge >= 0.3 is 5.69 Å². The maximum Gasteiger partial charge on any atom is 0.336 e. The number of benzene rings is 1. The lowest BCUT2D eigenvalue weighted by molar-refractivity contribution is -0.110. The minimum atomic E-state index is -0.609. The van der Waals surface area contributed by atoms with E-state index in [9.17, 15) is 9.59 Å². The Morgan fingerprint density at radius 2 is 2.00 bits per heavy atom. The van der Waals surface area contributed by atoms with Crippen molar-refractivity contribution in [2.75, 3.05) is 27.3 Å². The molecule has 1 aliphatic rings. The van der Waals surface area contributed by atoms with Crippen LogP contribution in [0.15, 0.2) is 33.9 Å². The van der Waals surface area contributed by atoms with Gasteiger partial charge in [0.25, 0.3) is 5.56 Å². The molecule has 30 heavy (non-hydrogen) atoms. The van der Waals surface area contributed by atoms with E-state index in [2.05, 4.69) is 11.8 Å². The van der Waals surface area contributed by atoms with E-state index in [1.54, 1.807) is 28.8 Å². The fourth-order valence-electron chi connectivity index (χ4n) is 3.93. The second-order valence-electron chi connectivity index (χ2n) is 7.22. The van der Waals surface area contributed by atoms with Crippen molar-refractivity contribution in [2.24, 2.45) is 0 Å². The Morgan fingerprint density at radius 1 is 1.23 bits per heavy atom. The summed E-state index contributed by atoms with van der Waals surface area (Å²) in [7, 11) is 3.06. The minimum Gasteiger partial charge on any atom is -0.354 e. The number of thiophene rings is 1. The Morgan fingerprint density at radius 3 is 2.67 bits per heavy atom. The number of nitrogens with zero attached hydrogens (tertiary/aromatic N) is 3. The average molecular weight is 450 g/mol. The van der Waals surface area contributed by atoms with E-state index >= 15 is 0 Å². The standard InChI is InChI=1S/C21H24ClN3O4S/c1-4-23-9-8-15-16(11-23)30-20-18(15)19(26)25(14-7-5-6-13(22)10-14)21(27)24(20)12-17(28-2)29-3/h5-7,10,17H,4,8-9,11-12H2,1-3H3. The number of methoxy groups -OCH3 is 2. The van der Waals surface area contributed by atoms with Gasteiger partial charge in [-0.05, 0) is 36.7 Å². The van der Waals surface area contributed by atoms with Crippen molar-refractivity contribution in [3.8, 4) is 5.69 Å². The fraction of sp³-hybridized carbons (Fsp3) is 0.429. The Kier molecular flexibility index (Phi) is 6.13. The molecule has 2 aromatic heterocycles. The lowest BCUT2D eigenvalue weighted by Gasteiger charge is -2.25. The van der Waals surface area contributed by atoms with Gasteiger partial charge in [0.05, 0.1) is 17.6 Å². The minimum absolute atomic E-state index is 0.181. The van der Waals surface area contributed by atoms with Crippen LogP contribution in [-0.4, -0.2) is 47.6 Å². The maximum absolute atomic E-state index is 13.6. The molecule has 0 amide bonds. The van der Waals surface area contributed by atoms with Crippen molar-refractivity contribution >= 4 is 33.2 Å². The number of halogens is 1. The summed E-state index contributed by atoms with van der Waals surface area (Å²) in [5.41, 5.74) is 0.758. The van der Waals surface area contributed by atoms with Crippen LogP contribution in [0.4, 0.5) is 0 Å². The van der Waals surface area contributed by atoms with Crippen molar-refractivity contribution in [1.82, 2.24) is 14.0 Å². The lowest BCUT2D eigenvalue weighted by atomic mass is 10.1. The van der Waals surface area contributed by atoms with Gasteiger partial charge in [-0.3, -0.25) is 14.3 Å². The van der Waals surface area contributed by atoms with E-state index in [0.717, 1.165) is 36.5 Å². The molecule has 3 heterocycles. The van der Waals surface area contributed by atoms with Gasteiger partial charge in [-0.25, -0.2) is 9.36 Å². The molecule has 0 radical (unpaired) electrons. The quantitative estimate of drug-likeness (QED) is 0.541. The Labute approximate surface area is 183 Å². The number of rotatable bonds is 6. The van der Waals surface area contributed by atoms with Gasteiger partial charge in [0, 0.05) is 37.2 Å². The Hall–Kier alpha value is -1.97. The molecule has 0 saturated heterocycles. The van der Waals surface area contributed by atoms with Crippen LogP contribution < -0.4 is 11.2 Å². The highest BCUT2D eigenvalue weighted by Gasteiger charge is 2.27. The van der Waals surface area contributed by atoms with E-state index in [1.807, 2.05) is 0 Å². The number of ether oxygens (including phenoxy) is 2. The summed E-state index contributed by atoms with van der Waals surface area (Å²) >= 11 is 7.66. The van der Waals surface area contributed by atoms with E-state index in [4.69, 9.17) is 21.1 Å². The molecular formula is C21H24ClN3O4S. The molecule has 0 fully saturated rings. The SMILES string of the molecule is CCN1CCc2c(sc3c2c(=O)n(-c2cccc(Cl)c2)c(=O)n3CC(OC)OC)C1. The zero-order chi connectivity index (χ0) is 21.4. The third-order valence-corrected chi connectivity index (χ3v) is 7.05. The second-order valence-corrected chi connectivity index (χ2v) is 8.74. The highest BCUT2D eigenvalue weighted by molar-refractivity contribution is 7.18. The molecule has 0 saturated carbocycles. The predicted octanol–water partition coefficient (Wildman–Crippen LogP) is 2.86. The fourth-order valence-corrected chi connectivity index (χ4v) is 5.49. The van der Waals surface area contributed by atoms with Gasteiger partial charge < -0.3 is 9.47 Å². The smallest absolute Gasteiger partial charge is 0.336 e. The number of hydrogen-bond acceptors (Lipinski definition) is 6. The van der Waals surface area contributed by atoms with E-state index in [1.165, 1.54) is 30.1 Å². The molecule has 0 unspecified atom stereocenters. The van der Waals surface area contributed by atoms with Gasteiger partial charge in [0.1, 0.15) is 4.83 Å². The van der Waals surface area contributed by atoms with Crippen LogP contribution >= 0.6 is 22.9 Å². The number of fused-ring (bicyclic) bond motifs is 3. The molecule has 0 N–H and O–H groups in total. The monoisotopic (exact) mass is 449 g/mol. The van der Waals surface area contributed by atoms with Crippen LogP contribution in [0.5, 0.6) is 0 Å². The van der Waals surface area contributed by atoms with Gasteiger partial charge in [0.2, 0.25) is 0 Å². The molecule has 1 aliphatic heterocycles.